The second-order valence-electron chi connectivity index (χ2n) is 4.53. The van der Waals surface area contributed by atoms with Crippen LogP contribution in [0.4, 0.5) is 5.69 Å². The van der Waals surface area contributed by atoms with Gasteiger partial charge in [0.15, 0.2) is 0 Å². The molecule has 4 heteroatoms. The van der Waals surface area contributed by atoms with Crippen LogP contribution in [0.25, 0.3) is 0 Å². The van der Waals surface area contributed by atoms with Crippen molar-refractivity contribution in [2.45, 2.75) is 18.2 Å². The average molecular weight is 317 g/mol. The van der Waals surface area contributed by atoms with Gasteiger partial charge in [-0.1, -0.05) is 36.7 Å². The Morgan fingerprint density at radius 1 is 1.19 bits per heavy atom. The van der Waals surface area contributed by atoms with E-state index in [2.05, 4.69) is 18.3 Å². The number of nitriles is 1. The minimum atomic E-state index is 0.737. The number of nitrogens with one attached hydrogen (secondary N) is 1. The lowest BCUT2D eigenvalue weighted by atomic mass is 10.1. The third kappa shape index (κ3) is 4.42. The molecule has 0 radical (unpaired) electrons. The van der Waals surface area contributed by atoms with Gasteiger partial charge in [-0.05, 0) is 42.0 Å². The first-order valence-corrected chi connectivity index (χ1v) is 8.25. The Balaban J connectivity index is 2.01. The van der Waals surface area contributed by atoms with E-state index in [-0.39, 0.29) is 0 Å². The van der Waals surface area contributed by atoms with Crippen LogP contribution in [-0.4, -0.2) is 12.3 Å². The Bertz CT molecular complexity index is 632. The molecule has 108 valence electrons. The molecule has 0 spiro atoms. The predicted octanol–water partition coefficient (Wildman–Crippen LogP) is 4.98. The molecule has 0 aliphatic carbocycles. The van der Waals surface area contributed by atoms with Crippen molar-refractivity contribution in [1.82, 2.24) is 0 Å². The van der Waals surface area contributed by atoms with Gasteiger partial charge in [0.25, 0.3) is 0 Å². The Morgan fingerprint density at radius 3 is 2.62 bits per heavy atom. The summed E-state index contributed by atoms with van der Waals surface area (Å²) in [6.07, 6.45) is 0.896. The Labute approximate surface area is 135 Å². The number of hydrogen-bond acceptors (Lipinski definition) is 3. The van der Waals surface area contributed by atoms with Gasteiger partial charge in [0, 0.05) is 16.5 Å². The highest BCUT2D eigenvalue weighted by Gasteiger charge is 2.07. The van der Waals surface area contributed by atoms with Crippen LogP contribution in [0.5, 0.6) is 0 Å². The summed E-state index contributed by atoms with van der Waals surface area (Å²) in [7, 11) is 0. The summed E-state index contributed by atoms with van der Waals surface area (Å²) in [5.74, 6) is 0.961. The third-order valence-corrected chi connectivity index (χ3v) is 4.27. The molecule has 0 bridgehead atoms. The van der Waals surface area contributed by atoms with Crippen molar-refractivity contribution in [2.75, 3.05) is 17.6 Å². The zero-order valence-electron chi connectivity index (χ0n) is 11.9. The Kier molecular flexibility index (Phi) is 5.98. The SMILES string of the molecule is CCSc1cccc(NCCc2ccc(Cl)cc2)c1C#N. The van der Waals surface area contributed by atoms with E-state index >= 15 is 0 Å². The van der Waals surface area contributed by atoms with Gasteiger partial charge in [-0.2, -0.15) is 5.26 Å². The molecule has 0 aliphatic heterocycles. The molecule has 0 aromatic heterocycles. The minimum absolute atomic E-state index is 0.737. The topological polar surface area (TPSA) is 35.8 Å². The zero-order valence-corrected chi connectivity index (χ0v) is 13.5. The summed E-state index contributed by atoms with van der Waals surface area (Å²) in [6.45, 7) is 2.88. The van der Waals surface area contributed by atoms with Gasteiger partial charge >= 0.3 is 0 Å². The lowest BCUT2D eigenvalue weighted by Gasteiger charge is -2.11. The van der Waals surface area contributed by atoms with Crippen LogP contribution in [-0.2, 0) is 6.42 Å². The van der Waals surface area contributed by atoms with Crippen molar-refractivity contribution in [3.63, 3.8) is 0 Å². The van der Waals surface area contributed by atoms with Crippen molar-refractivity contribution in [2.24, 2.45) is 0 Å². The fraction of sp³-hybridized carbons (Fsp3) is 0.235. The van der Waals surface area contributed by atoms with Crippen molar-refractivity contribution in [3.05, 3.63) is 58.6 Å². The molecule has 0 saturated carbocycles. The first-order valence-electron chi connectivity index (χ1n) is 6.88. The van der Waals surface area contributed by atoms with Crippen LogP contribution in [0.2, 0.25) is 5.02 Å². The third-order valence-electron chi connectivity index (χ3n) is 3.08. The predicted molar refractivity (Wildman–Crippen MR) is 91.2 cm³/mol. The van der Waals surface area contributed by atoms with Gasteiger partial charge < -0.3 is 5.32 Å². The fourth-order valence-corrected chi connectivity index (χ4v) is 2.97. The second kappa shape index (κ2) is 7.97. The van der Waals surface area contributed by atoms with Crippen molar-refractivity contribution < 1.29 is 0 Å². The highest BCUT2D eigenvalue weighted by atomic mass is 35.5. The van der Waals surface area contributed by atoms with Gasteiger partial charge in [0.2, 0.25) is 0 Å². The van der Waals surface area contributed by atoms with Crippen LogP contribution >= 0.6 is 23.4 Å². The van der Waals surface area contributed by atoms with E-state index in [0.717, 1.165) is 39.9 Å². The van der Waals surface area contributed by atoms with Crippen LogP contribution in [0.3, 0.4) is 0 Å². The lowest BCUT2D eigenvalue weighted by Crippen LogP contribution is -2.06. The van der Waals surface area contributed by atoms with Crippen LogP contribution < -0.4 is 5.32 Å². The molecule has 2 aromatic rings. The van der Waals surface area contributed by atoms with E-state index in [4.69, 9.17) is 11.6 Å². The lowest BCUT2D eigenvalue weighted by molar-refractivity contribution is 1.02. The maximum atomic E-state index is 9.35. The molecule has 0 saturated heterocycles. The number of halogens is 1. The quantitative estimate of drug-likeness (QED) is 0.764. The molecule has 2 rings (SSSR count). The standard InChI is InChI=1S/C17H17ClN2S/c1-2-21-17-5-3-4-16(15(17)12-19)20-11-10-13-6-8-14(18)9-7-13/h3-9,20H,2,10-11H2,1H3. The smallest absolute Gasteiger partial charge is 0.102 e. The zero-order chi connectivity index (χ0) is 15.1. The highest BCUT2D eigenvalue weighted by molar-refractivity contribution is 7.99. The van der Waals surface area contributed by atoms with Gasteiger partial charge in [-0.15, -0.1) is 11.8 Å². The van der Waals surface area contributed by atoms with E-state index in [1.54, 1.807) is 11.8 Å². The number of rotatable bonds is 6. The maximum absolute atomic E-state index is 9.35. The van der Waals surface area contributed by atoms with Gasteiger partial charge in [-0.25, -0.2) is 0 Å². The summed E-state index contributed by atoms with van der Waals surface area (Å²) in [5.41, 5.74) is 2.87. The van der Waals surface area contributed by atoms with Crippen LogP contribution in [0.1, 0.15) is 18.1 Å². The molecule has 21 heavy (non-hydrogen) atoms. The molecule has 1 N–H and O–H groups in total. The van der Waals surface area contributed by atoms with Crippen LogP contribution in [0.15, 0.2) is 47.4 Å². The van der Waals surface area contributed by atoms with Gasteiger partial charge in [0.05, 0.1) is 11.3 Å². The Morgan fingerprint density at radius 2 is 1.95 bits per heavy atom. The highest BCUT2D eigenvalue weighted by Crippen LogP contribution is 2.27. The number of benzene rings is 2. The van der Waals surface area contributed by atoms with Gasteiger partial charge in [0.1, 0.15) is 6.07 Å². The molecule has 2 nitrogen and oxygen atoms in total. The van der Waals surface area contributed by atoms with E-state index in [1.165, 1.54) is 5.56 Å². The molecule has 0 heterocycles. The first kappa shape index (κ1) is 15.8. The summed E-state index contributed by atoms with van der Waals surface area (Å²) in [4.78, 5) is 1.04. The monoisotopic (exact) mass is 316 g/mol. The molecular weight excluding hydrogens is 300 g/mol. The fourth-order valence-electron chi connectivity index (χ4n) is 2.06. The van der Waals surface area contributed by atoms with Crippen molar-refractivity contribution in [1.29, 1.82) is 5.26 Å². The normalized spacial score (nSPS) is 10.1. The molecule has 0 unspecified atom stereocenters. The number of anilines is 1. The molecule has 0 amide bonds. The van der Waals surface area contributed by atoms with Crippen molar-refractivity contribution in [3.8, 4) is 6.07 Å². The Hall–Kier alpha value is -1.63. The van der Waals surface area contributed by atoms with E-state index in [9.17, 15) is 5.26 Å². The first-order chi connectivity index (χ1) is 10.2. The van der Waals surface area contributed by atoms with Gasteiger partial charge in [-0.3, -0.25) is 0 Å². The number of nitrogens with zero attached hydrogens (tertiary/aromatic N) is 1. The largest absolute Gasteiger partial charge is 0.384 e. The molecule has 0 aliphatic rings. The maximum Gasteiger partial charge on any atom is 0.102 e. The number of thioether (sulfide) groups is 1. The number of hydrogen-bond donors (Lipinski definition) is 1. The molecular formula is C17H17ClN2S. The minimum Gasteiger partial charge on any atom is -0.384 e. The van der Waals surface area contributed by atoms with Crippen molar-refractivity contribution >= 4 is 29.1 Å². The molecule has 2 aromatic carbocycles. The summed E-state index contributed by atoms with van der Waals surface area (Å²) in [5, 5.41) is 13.5. The van der Waals surface area contributed by atoms with E-state index in [0.29, 0.717) is 0 Å². The molecule has 0 fully saturated rings. The second-order valence-corrected chi connectivity index (χ2v) is 6.27. The summed E-state index contributed by atoms with van der Waals surface area (Å²) in [6, 6.07) is 16.1. The van der Waals surface area contributed by atoms with E-state index < -0.39 is 0 Å². The van der Waals surface area contributed by atoms with Crippen LogP contribution in [0, 0.1) is 11.3 Å². The molecule has 0 atom stereocenters. The van der Waals surface area contributed by atoms with E-state index in [1.807, 2.05) is 42.5 Å². The average Bonchev–Trinajstić information content (AvgIpc) is 2.50. The summed E-state index contributed by atoms with van der Waals surface area (Å²) >= 11 is 7.57. The summed E-state index contributed by atoms with van der Waals surface area (Å²) < 4.78 is 0.